The summed E-state index contributed by atoms with van der Waals surface area (Å²) in [6, 6.07) is 15.5. The van der Waals surface area contributed by atoms with E-state index in [1.807, 2.05) is 30.3 Å². The first kappa shape index (κ1) is 28.3. The second-order valence-corrected chi connectivity index (χ2v) is 9.72. The van der Waals surface area contributed by atoms with Crippen molar-refractivity contribution in [3.63, 3.8) is 0 Å². The number of amides is 1. The highest BCUT2D eigenvalue weighted by Crippen LogP contribution is 2.38. The summed E-state index contributed by atoms with van der Waals surface area (Å²) in [5, 5.41) is 2.93. The molecule has 0 bridgehead atoms. The summed E-state index contributed by atoms with van der Waals surface area (Å²) in [5.41, 5.74) is -1.74. The molecule has 12 heteroatoms. The molecule has 5 nitrogen and oxygen atoms in total. The fraction of sp³-hybridized carbons (Fsp3) is 0.259. The fourth-order valence-corrected chi connectivity index (χ4v) is 4.84. The lowest BCUT2D eigenvalue weighted by molar-refractivity contribution is -0.143. The van der Waals surface area contributed by atoms with Crippen molar-refractivity contribution in [2.24, 2.45) is 4.99 Å². The number of rotatable bonds is 8. The van der Waals surface area contributed by atoms with Gasteiger partial charge in [0.05, 0.1) is 29.2 Å². The minimum absolute atomic E-state index is 0.0756. The number of hydrogen-bond acceptors (Lipinski definition) is 5. The summed E-state index contributed by atoms with van der Waals surface area (Å²) in [5.74, 6) is 0.209. The number of benzene rings is 3. The van der Waals surface area contributed by atoms with Crippen molar-refractivity contribution in [3.05, 3.63) is 89.0 Å². The Kier molecular flexibility index (Phi) is 8.43. The Morgan fingerprint density at radius 1 is 0.923 bits per heavy atom. The highest BCUT2D eigenvalue weighted by Gasteiger charge is 2.38. The van der Waals surface area contributed by atoms with E-state index in [1.165, 1.54) is 24.9 Å². The Morgan fingerprint density at radius 3 is 2.33 bits per heavy atom. The number of alkyl halides is 6. The monoisotopic (exact) mass is 568 g/mol. The van der Waals surface area contributed by atoms with Crippen LogP contribution in [0, 0.1) is 0 Å². The number of carbonyl (C=O) groups is 1. The van der Waals surface area contributed by atoms with Crippen LogP contribution in [0.5, 0.6) is 11.5 Å². The number of para-hydroxylation sites is 1. The van der Waals surface area contributed by atoms with E-state index < -0.39 is 35.6 Å². The Morgan fingerprint density at radius 2 is 1.67 bits per heavy atom. The fourth-order valence-electron chi connectivity index (χ4n) is 3.85. The molecule has 1 aliphatic heterocycles. The van der Waals surface area contributed by atoms with Crippen molar-refractivity contribution in [2.75, 3.05) is 7.11 Å². The number of halogens is 6. The number of nitrogens with one attached hydrogen (secondary N) is 1. The lowest BCUT2D eigenvalue weighted by Crippen LogP contribution is -2.25. The molecule has 1 N–H and O–H groups in total. The molecule has 1 amide bonds. The molecule has 0 aromatic heterocycles. The van der Waals surface area contributed by atoms with Gasteiger partial charge in [-0.25, -0.2) is 4.99 Å². The number of methoxy groups -OCH3 is 1. The van der Waals surface area contributed by atoms with E-state index in [-0.39, 0.29) is 28.7 Å². The van der Waals surface area contributed by atoms with Gasteiger partial charge in [-0.3, -0.25) is 4.79 Å². The van der Waals surface area contributed by atoms with E-state index in [0.717, 1.165) is 17.3 Å². The van der Waals surface area contributed by atoms with E-state index >= 15 is 0 Å². The van der Waals surface area contributed by atoms with Crippen molar-refractivity contribution in [1.82, 2.24) is 5.32 Å². The van der Waals surface area contributed by atoms with Gasteiger partial charge in [0, 0.05) is 5.56 Å². The zero-order valence-electron chi connectivity index (χ0n) is 20.4. The first-order valence-corrected chi connectivity index (χ1v) is 12.5. The minimum Gasteiger partial charge on any atom is -0.493 e. The van der Waals surface area contributed by atoms with Crippen molar-refractivity contribution in [3.8, 4) is 11.5 Å². The van der Waals surface area contributed by atoms with Gasteiger partial charge in [-0.05, 0) is 54.8 Å². The summed E-state index contributed by atoms with van der Waals surface area (Å²) in [6.07, 6.45) is -8.91. The van der Waals surface area contributed by atoms with Crippen LogP contribution in [0.25, 0.3) is 0 Å². The summed E-state index contributed by atoms with van der Waals surface area (Å²) >= 11 is 1.33. The molecule has 0 saturated carbocycles. The van der Waals surface area contributed by atoms with Gasteiger partial charge in [0.1, 0.15) is 6.61 Å². The van der Waals surface area contributed by atoms with Gasteiger partial charge < -0.3 is 14.8 Å². The van der Waals surface area contributed by atoms with E-state index in [2.05, 4.69) is 10.3 Å². The number of carbonyl (C=O) groups excluding carboxylic acids is 1. The summed E-state index contributed by atoms with van der Waals surface area (Å²) < 4.78 is 89.9. The summed E-state index contributed by atoms with van der Waals surface area (Å²) in [4.78, 5) is 16.8. The van der Waals surface area contributed by atoms with E-state index in [0.29, 0.717) is 24.1 Å². The van der Waals surface area contributed by atoms with Crippen LogP contribution in [0.15, 0.2) is 71.7 Å². The predicted molar refractivity (Wildman–Crippen MR) is 135 cm³/mol. The Balaban J connectivity index is 1.41. The first-order valence-electron chi connectivity index (χ1n) is 11.6. The van der Waals surface area contributed by atoms with Gasteiger partial charge in [0.15, 0.2) is 16.7 Å². The van der Waals surface area contributed by atoms with Gasteiger partial charge in [-0.15, -0.1) is 0 Å². The highest BCUT2D eigenvalue weighted by molar-refractivity contribution is 8.15. The number of aliphatic imine (C=N–C) groups is 1. The smallest absolute Gasteiger partial charge is 0.416 e. The van der Waals surface area contributed by atoms with Gasteiger partial charge in [0.2, 0.25) is 5.91 Å². The van der Waals surface area contributed by atoms with Crippen molar-refractivity contribution < 1.29 is 40.6 Å². The molecule has 3 aromatic rings. The average molecular weight is 569 g/mol. The molecular weight excluding hydrogens is 546 g/mol. The molecule has 1 aliphatic rings. The van der Waals surface area contributed by atoms with Crippen LogP contribution in [-0.2, 0) is 30.2 Å². The molecule has 1 fully saturated rings. The predicted octanol–water partition coefficient (Wildman–Crippen LogP) is 7.16. The second-order valence-electron chi connectivity index (χ2n) is 8.53. The lowest BCUT2D eigenvalue weighted by atomic mass is 10.0. The third-order valence-corrected chi connectivity index (χ3v) is 6.96. The van der Waals surface area contributed by atoms with E-state index in [9.17, 15) is 31.1 Å². The molecule has 1 atom stereocenters. The normalized spacial score (nSPS) is 16.8. The third kappa shape index (κ3) is 7.25. The van der Waals surface area contributed by atoms with Crippen molar-refractivity contribution in [2.45, 2.75) is 37.1 Å². The van der Waals surface area contributed by atoms with Crippen LogP contribution in [0.4, 0.5) is 32.0 Å². The number of amidine groups is 1. The first-order chi connectivity index (χ1) is 18.4. The van der Waals surface area contributed by atoms with Gasteiger partial charge in [-0.1, -0.05) is 42.1 Å². The second kappa shape index (κ2) is 11.6. The topological polar surface area (TPSA) is 59.9 Å². The molecule has 0 aliphatic carbocycles. The molecule has 1 saturated heterocycles. The Bertz CT molecular complexity index is 1360. The summed E-state index contributed by atoms with van der Waals surface area (Å²) in [7, 11) is 1.36. The molecule has 206 valence electrons. The van der Waals surface area contributed by atoms with Crippen molar-refractivity contribution >= 4 is 28.5 Å². The van der Waals surface area contributed by atoms with Crippen LogP contribution in [-0.4, -0.2) is 23.4 Å². The number of thioether (sulfide) groups is 1. The maximum absolute atomic E-state index is 13.4. The molecule has 4 rings (SSSR count). The zero-order chi connectivity index (χ0) is 28.2. The van der Waals surface area contributed by atoms with Crippen LogP contribution >= 0.6 is 11.8 Å². The number of nitrogens with zero attached hydrogens (tertiary/aromatic N) is 1. The van der Waals surface area contributed by atoms with Gasteiger partial charge in [-0.2, -0.15) is 26.3 Å². The number of hydrogen-bond donors (Lipinski definition) is 1. The number of ether oxygens (including phenoxy) is 2. The van der Waals surface area contributed by atoms with Gasteiger partial charge in [0.25, 0.3) is 0 Å². The quantitative estimate of drug-likeness (QED) is 0.293. The van der Waals surface area contributed by atoms with Crippen LogP contribution in [0.3, 0.4) is 0 Å². The molecule has 0 spiro atoms. The summed E-state index contributed by atoms with van der Waals surface area (Å²) in [6.45, 7) is -0.620. The molecule has 1 unspecified atom stereocenters. The molecular formula is C27H22F6N2O3S. The van der Waals surface area contributed by atoms with Gasteiger partial charge >= 0.3 is 12.4 Å². The minimum atomic E-state index is -5.00. The third-order valence-electron chi connectivity index (χ3n) is 5.81. The standard InChI is InChI=1S/C27H22F6N2O3S/c1-37-22-13-16(8-12-23-24(36)35-25(39-23)34-19-5-3-2-4-6-19)7-11-21(22)38-15-17-9-10-18(26(28,29)30)14-20(17)27(31,32)33/h2-7,9-11,13-14,23H,8,12,15H2,1H3,(H,34,35,36). The van der Waals surface area contributed by atoms with Crippen LogP contribution in [0.1, 0.15) is 28.7 Å². The van der Waals surface area contributed by atoms with Crippen molar-refractivity contribution in [1.29, 1.82) is 0 Å². The molecule has 0 radical (unpaired) electrons. The SMILES string of the molecule is COc1cc(CCC2SC(=Nc3ccccc3)NC2=O)ccc1OCc1ccc(C(F)(F)F)cc1C(F)(F)F. The Labute approximate surface area is 224 Å². The number of aryl methyl sites for hydroxylation is 1. The van der Waals surface area contributed by atoms with Crippen LogP contribution in [0.2, 0.25) is 0 Å². The van der Waals surface area contributed by atoms with E-state index in [1.54, 1.807) is 12.1 Å². The van der Waals surface area contributed by atoms with E-state index in [4.69, 9.17) is 9.47 Å². The van der Waals surface area contributed by atoms with Crippen LogP contribution < -0.4 is 14.8 Å². The molecule has 39 heavy (non-hydrogen) atoms. The maximum Gasteiger partial charge on any atom is 0.416 e. The largest absolute Gasteiger partial charge is 0.493 e. The lowest BCUT2D eigenvalue weighted by Gasteiger charge is -2.17. The average Bonchev–Trinajstić information content (AvgIpc) is 3.24. The maximum atomic E-state index is 13.4. The highest BCUT2D eigenvalue weighted by atomic mass is 32.2. The molecule has 1 heterocycles. The molecule has 3 aromatic carbocycles. The zero-order valence-corrected chi connectivity index (χ0v) is 21.2. The Hall–Kier alpha value is -3.67.